The van der Waals surface area contributed by atoms with Crippen LogP contribution in [0.25, 0.3) is 0 Å². The van der Waals surface area contributed by atoms with Gasteiger partial charge >= 0.3 is 13.6 Å². The van der Waals surface area contributed by atoms with Crippen LogP contribution in [0.5, 0.6) is 0 Å². The molecule has 0 bridgehead atoms. The summed E-state index contributed by atoms with van der Waals surface area (Å²) < 4.78 is 10.3. The molecule has 1 atom stereocenters. The van der Waals surface area contributed by atoms with Gasteiger partial charge in [-0.3, -0.25) is 14.7 Å². The summed E-state index contributed by atoms with van der Waals surface area (Å²) in [5, 5.41) is 19.3. The minimum Gasteiger partial charge on any atom is -0.480 e. The Morgan fingerprint density at radius 2 is 2.07 bits per heavy atom. The van der Waals surface area contributed by atoms with Crippen molar-refractivity contribution in [3.63, 3.8) is 0 Å². The van der Waals surface area contributed by atoms with E-state index in [4.69, 9.17) is 20.0 Å². The molecule has 14 heavy (non-hydrogen) atoms. The molecule has 5 N–H and O–H groups in total. The van der Waals surface area contributed by atoms with Gasteiger partial charge in [-0.1, -0.05) is 6.08 Å². The number of hydrogen-bond donors (Lipinski definition) is 5. The standard InChI is InChI=1S/C6H12NO6P/c8-4-5(6(9)10)7-2-1-3-14(11,12)13/h1,3,5,7-8H,2,4H2,(H,9,10)(H2,11,12,13)/t5-/m0/s1. The summed E-state index contributed by atoms with van der Waals surface area (Å²) in [5.41, 5.74) is 0. The summed E-state index contributed by atoms with van der Waals surface area (Å²) in [5.74, 6) is -0.562. The van der Waals surface area contributed by atoms with Crippen LogP contribution in [0.1, 0.15) is 0 Å². The second-order valence-corrected chi connectivity index (χ2v) is 3.93. The number of carboxylic acid groups (broad SMARTS) is 1. The maximum absolute atomic E-state index is 10.3. The average Bonchev–Trinajstić information content (AvgIpc) is 2.01. The molecule has 0 amide bonds. The number of carbonyl (C=O) groups is 1. The first kappa shape index (κ1) is 13.3. The average molecular weight is 225 g/mol. The quantitative estimate of drug-likeness (QED) is 0.356. The lowest BCUT2D eigenvalue weighted by Gasteiger charge is -2.08. The van der Waals surface area contributed by atoms with E-state index >= 15 is 0 Å². The van der Waals surface area contributed by atoms with Crippen LogP contribution in [0.2, 0.25) is 0 Å². The van der Waals surface area contributed by atoms with E-state index in [-0.39, 0.29) is 6.54 Å². The lowest BCUT2D eigenvalue weighted by atomic mass is 10.3. The number of carboxylic acids is 1. The Bertz CT molecular complexity index is 259. The lowest BCUT2D eigenvalue weighted by molar-refractivity contribution is -0.140. The number of rotatable bonds is 6. The van der Waals surface area contributed by atoms with E-state index in [2.05, 4.69) is 5.32 Å². The fraction of sp³-hybridized carbons (Fsp3) is 0.500. The molecule has 0 unspecified atom stereocenters. The first-order valence-corrected chi connectivity index (χ1v) is 5.35. The van der Waals surface area contributed by atoms with Crippen LogP contribution in [0.3, 0.4) is 0 Å². The molecule has 0 fully saturated rings. The van der Waals surface area contributed by atoms with Crippen LogP contribution < -0.4 is 5.32 Å². The molecule has 0 aromatic rings. The van der Waals surface area contributed by atoms with Crippen molar-refractivity contribution in [2.75, 3.05) is 13.2 Å². The Hall–Kier alpha value is -0.720. The molecular weight excluding hydrogens is 213 g/mol. The van der Waals surface area contributed by atoms with E-state index in [1.54, 1.807) is 0 Å². The Labute approximate surface area is 80.2 Å². The number of hydrogen-bond acceptors (Lipinski definition) is 4. The van der Waals surface area contributed by atoms with Gasteiger partial charge in [0.2, 0.25) is 0 Å². The zero-order valence-corrected chi connectivity index (χ0v) is 8.09. The third kappa shape index (κ3) is 6.76. The topological polar surface area (TPSA) is 127 Å². The zero-order valence-electron chi connectivity index (χ0n) is 7.20. The van der Waals surface area contributed by atoms with E-state index in [1.807, 2.05) is 0 Å². The molecule has 0 spiro atoms. The fourth-order valence-corrected chi connectivity index (χ4v) is 1.01. The number of aliphatic hydroxyl groups excluding tert-OH is 1. The molecule has 8 heteroatoms. The summed E-state index contributed by atoms with van der Waals surface area (Å²) in [6.45, 7) is -0.623. The van der Waals surface area contributed by atoms with Crippen molar-refractivity contribution in [2.45, 2.75) is 6.04 Å². The molecule has 0 aliphatic rings. The molecule has 0 aliphatic carbocycles. The highest BCUT2D eigenvalue weighted by Gasteiger charge is 2.13. The van der Waals surface area contributed by atoms with Crippen LogP contribution in [0.15, 0.2) is 11.9 Å². The van der Waals surface area contributed by atoms with Crippen molar-refractivity contribution in [1.29, 1.82) is 0 Å². The molecule has 0 saturated carbocycles. The summed E-state index contributed by atoms with van der Waals surface area (Å²) >= 11 is 0. The molecule has 0 aliphatic heterocycles. The molecule has 0 aromatic heterocycles. The molecule has 0 aromatic carbocycles. The van der Waals surface area contributed by atoms with Gasteiger partial charge in [0, 0.05) is 12.4 Å². The van der Waals surface area contributed by atoms with Crippen LogP contribution in [-0.4, -0.2) is 45.2 Å². The summed E-state index contributed by atoms with van der Waals surface area (Å²) in [4.78, 5) is 27.1. The Morgan fingerprint density at radius 1 is 1.50 bits per heavy atom. The summed E-state index contributed by atoms with van der Waals surface area (Å²) in [6, 6.07) is -1.13. The van der Waals surface area contributed by atoms with E-state index in [1.165, 1.54) is 0 Å². The van der Waals surface area contributed by atoms with Crippen LogP contribution >= 0.6 is 7.60 Å². The maximum atomic E-state index is 10.3. The molecular formula is C6H12NO6P. The van der Waals surface area contributed by atoms with E-state index < -0.39 is 26.2 Å². The van der Waals surface area contributed by atoms with E-state index in [9.17, 15) is 9.36 Å². The van der Waals surface area contributed by atoms with Crippen molar-refractivity contribution in [1.82, 2.24) is 5.32 Å². The predicted molar refractivity (Wildman–Crippen MR) is 47.7 cm³/mol. The maximum Gasteiger partial charge on any atom is 0.348 e. The van der Waals surface area contributed by atoms with Gasteiger partial charge in [-0.25, -0.2) is 0 Å². The van der Waals surface area contributed by atoms with Gasteiger partial charge in [0.15, 0.2) is 0 Å². The van der Waals surface area contributed by atoms with Crippen LogP contribution in [0, 0.1) is 0 Å². The fourth-order valence-electron chi connectivity index (χ4n) is 0.630. The molecule has 82 valence electrons. The zero-order chi connectivity index (χ0) is 11.2. The normalized spacial score (nSPS) is 14.5. The Balaban J connectivity index is 3.89. The first-order chi connectivity index (χ1) is 6.37. The van der Waals surface area contributed by atoms with Gasteiger partial charge in [-0.2, -0.15) is 0 Å². The number of aliphatic hydroxyl groups is 1. The second-order valence-electron chi connectivity index (χ2n) is 2.46. The van der Waals surface area contributed by atoms with Gasteiger partial charge in [0.25, 0.3) is 0 Å². The highest BCUT2D eigenvalue weighted by Crippen LogP contribution is 2.35. The summed E-state index contributed by atoms with van der Waals surface area (Å²) in [6.07, 6.45) is 1.10. The molecule has 0 heterocycles. The van der Waals surface area contributed by atoms with Gasteiger partial charge in [-0.15, -0.1) is 0 Å². The van der Waals surface area contributed by atoms with Gasteiger partial charge < -0.3 is 20.0 Å². The van der Waals surface area contributed by atoms with E-state index in [0.29, 0.717) is 5.82 Å². The smallest absolute Gasteiger partial charge is 0.348 e. The molecule has 0 rings (SSSR count). The monoisotopic (exact) mass is 225 g/mol. The van der Waals surface area contributed by atoms with Crippen molar-refractivity contribution < 1.29 is 29.4 Å². The minimum absolute atomic E-state index is 0.0391. The largest absolute Gasteiger partial charge is 0.480 e. The minimum atomic E-state index is -4.19. The number of nitrogens with one attached hydrogen (secondary N) is 1. The van der Waals surface area contributed by atoms with Gasteiger partial charge in [0.05, 0.1) is 6.61 Å². The molecule has 0 radical (unpaired) electrons. The van der Waals surface area contributed by atoms with Crippen molar-refractivity contribution in [3.05, 3.63) is 11.9 Å². The van der Waals surface area contributed by atoms with E-state index in [0.717, 1.165) is 6.08 Å². The highest BCUT2D eigenvalue weighted by molar-refractivity contribution is 7.55. The molecule has 0 saturated heterocycles. The van der Waals surface area contributed by atoms with Gasteiger partial charge in [0.1, 0.15) is 6.04 Å². The molecule has 7 nitrogen and oxygen atoms in total. The van der Waals surface area contributed by atoms with Crippen molar-refractivity contribution >= 4 is 13.6 Å². The highest BCUT2D eigenvalue weighted by atomic mass is 31.2. The van der Waals surface area contributed by atoms with Crippen LogP contribution in [0.4, 0.5) is 0 Å². The SMILES string of the molecule is O=C(O)[C@H](CO)NCC=CP(=O)(O)O. The predicted octanol–water partition coefficient (Wildman–Crippen LogP) is -1.29. The Kier molecular flexibility index (Phi) is 5.59. The number of aliphatic carboxylic acids is 1. The second kappa shape index (κ2) is 5.90. The Morgan fingerprint density at radius 3 is 2.43 bits per heavy atom. The lowest BCUT2D eigenvalue weighted by Crippen LogP contribution is -2.39. The first-order valence-electron chi connectivity index (χ1n) is 3.67. The van der Waals surface area contributed by atoms with Crippen molar-refractivity contribution in [3.8, 4) is 0 Å². The van der Waals surface area contributed by atoms with Gasteiger partial charge in [-0.05, 0) is 0 Å². The van der Waals surface area contributed by atoms with Crippen molar-refractivity contribution in [2.24, 2.45) is 0 Å². The third-order valence-electron chi connectivity index (χ3n) is 1.26. The third-order valence-corrected chi connectivity index (χ3v) is 1.86. The van der Waals surface area contributed by atoms with Crippen LogP contribution in [-0.2, 0) is 9.36 Å². The summed E-state index contributed by atoms with van der Waals surface area (Å²) in [7, 11) is -4.19.